The molecule has 0 spiro atoms. The van der Waals surface area contributed by atoms with E-state index in [-0.39, 0.29) is 5.41 Å². The molecule has 6 aromatic carbocycles. The number of hydrogen-bond donors (Lipinski definition) is 0. The average molecular weight is 525 g/mol. The summed E-state index contributed by atoms with van der Waals surface area (Å²) in [4.78, 5) is 9.42. The highest BCUT2D eigenvalue weighted by molar-refractivity contribution is 6.21. The fourth-order valence-electron chi connectivity index (χ4n) is 6.83. The van der Waals surface area contributed by atoms with Crippen LogP contribution in [0.2, 0.25) is 0 Å². The van der Waals surface area contributed by atoms with Gasteiger partial charge < -0.3 is 0 Å². The zero-order valence-electron chi connectivity index (χ0n) is 23.1. The van der Waals surface area contributed by atoms with Crippen molar-refractivity contribution in [1.82, 2.24) is 9.97 Å². The predicted octanol–water partition coefficient (Wildman–Crippen LogP) is 10.1. The van der Waals surface area contributed by atoms with Crippen molar-refractivity contribution >= 4 is 21.5 Å². The monoisotopic (exact) mass is 524 g/mol. The molecule has 7 aromatic rings. The van der Waals surface area contributed by atoms with E-state index < -0.39 is 0 Å². The third-order valence-corrected chi connectivity index (χ3v) is 8.79. The first-order chi connectivity index (χ1) is 20.1. The van der Waals surface area contributed by atoms with Gasteiger partial charge in [-0.15, -0.1) is 0 Å². The number of rotatable bonds is 3. The molecule has 0 radical (unpaired) electrons. The van der Waals surface area contributed by atoms with E-state index in [1.807, 2.05) is 18.5 Å². The topological polar surface area (TPSA) is 25.8 Å². The van der Waals surface area contributed by atoms with Crippen LogP contribution in [0.25, 0.3) is 66.3 Å². The van der Waals surface area contributed by atoms with Crippen LogP contribution in [0.1, 0.15) is 25.0 Å². The average Bonchev–Trinajstić information content (AvgIpc) is 3.26. The first kappa shape index (κ1) is 23.8. The zero-order valence-corrected chi connectivity index (χ0v) is 23.1. The van der Waals surface area contributed by atoms with E-state index >= 15 is 0 Å². The van der Waals surface area contributed by atoms with Gasteiger partial charge in [0.25, 0.3) is 0 Å². The van der Waals surface area contributed by atoms with Crippen LogP contribution < -0.4 is 0 Å². The Balaban J connectivity index is 1.48. The largest absolute Gasteiger partial charge is 0.237 e. The van der Waals surface area contributed by atoms with Crippen molar-refractivity contribution in [2.24, 2.45) is 0 Å². The fourth-order valence-corrected chi connectivity index (χ4v) is 6.83. The molecule has 0 N–H and O–H groups in total. The molecule has 41 heavy (non-hydrogen) atoms. The SMILES string of the molecule is CC1(C)c2ccccc2-c2ccc(-c3c4ccccc4c(-c4ncccn4)c4ccc(-c5ccccc5)cc34)cc21. The summed E-state index contributed by atoms with van der Waals surface area (Å²) in [5.41, 5.74) is 11.3. The Morgan fingerprint density at radius 1 is 0.439 bits per heavy atom. The molecule has 194 valence electrons. The highest BCUT2D eigenvalue weighted by Gasteiger charge is 2.35. The van der Waals surface area contributed by atoms with E-state index in [1.165, 1.54) is 55.3 Å². The van der Waals surface area contributed by atoms with Gasteiger partial charge in [0.05, 0.1) is 0 Å². The molecule has 0 atom stereocenters. The molecule has 2 nitrogen and oxygen atoms in total. The lowest BCUT2D eigenvalue weighted by Gasteiger charge is -2.23. The van der Waals surface area contributed by atoms with Crippen molar-refractivity contribution in [2.75, 3.05) is 0 Å². The Bertz CT molecular complexity index is 2110. The molecule has 1 aliphatic rings. The predicted molar refractivity (Wildman–Crippen MR) is 171 cm³/mol. The molecule has 1 heterocycles. The number of fused-ring (bicyclic) bond motifs is 5. The zero-order chi connectivity index (χ0) is 27.6. The maximum Gasteiger partial charge on any atom is 0.160 e. The molecule has 8 rings (SSSR count). The van der Waals surface area contributed by atoms with E-state index in [2.05, 4.69) is 129 Å². The molecule has 0 amide bonds. The highest BCUT2D eigenvalue weighted by atomic mass is 14.9. The minimum atomic E-state index is -0.0689. The number of nitrogens with zero attached hydrogens (tertiary/aromatic N) is 2. The van der Waals surface area contributed by atoms with Crippen LogP contribution in [0.5, 0.6) is 0 Å². The van der Waals surface area contributed by atoms with E-state index in [0.717, 1.165) is 22.2 Å². The van der Waals surface area contributed by atoms with Gasteiger partial charge in [-0.2, -0.15) is 0 Å². The summed E-state index contributed by atoms with van der Waals surface area (Å²) in [6.07, 6.45) is 3.66. The molecule has 0 saturated carbocycles. The molecular weight excluding hydrogens is 496 g/mol. The van der Waals surface area contributed by atoms with Gasteiger partial charge in [0.1, 0.15) is 0 Å². The van der Waals surface area contributed by atoms with Crippen LogP contribution in [0.4, 0.5) is 0 Å². The summed E-state index contributed by atoms with van der Waals surface area (Å²) < 4.78 is 0. The van der Waals surface area contributed by atoms with Crippen LogP contribution in [0.15, 0.2) is 134 Å². The van der Waals surface area contributed by atoms with Crippen LogP contribution in [-0.2, 0) is 5.41 Å². The molecule has 0 fully saturated rings. The Morgan fingerprint density at radius 3 is 1.88 bits per heavy atom. The molecule has 0 bridgehead atoms. The number of aromatic nitrogens is 2. The number of hydrogen-bond acceptors (Lipinski definition) is 2. The van der Waals surface area contributed by atoms with Gasteiger partial charge in [-0.25, -0.2) is 9.97 Å². The maximum absolute atomic E-state index is 4.71. The Kier molecular flexibility index (Phi) is 5.20. The summed E-state index contributed by atoms with van der Waals surface area (Å²) in [6, 6.07) is 44.0. The van der Waals surface area contributed by atoms with Crippen molar-refractivity contribution in [3.63, 3.8) is 0 Å². The minimum Gasteiger partial charge on any atom is -0.237 e. The summed E-state index contributed by atoms with van der Waals surface area (Å²) in [5, 5.41) is 4.74. The number of benzene rings is 6. The van der Waals surface area contributed by atoms with Gasteiger partial charge in [-0.3, -0.25) is 0 Å². The van der Waals surface area contributed by atoms with Crippen molar-refractivity contribution in [2.45, 2.75) is 19.3 Å². The second-order valence-corrected chi connectivity index (χ2v) is 11.4. The lowest BCUT2D eigenvalue weighted by molar-refractivity contribution is 0.660. The smallest absolute Gasteiger partial charge is 0.160 e. The van der Waals surface area contributed by atoms with E-state index in [4.69, 9.17) is 9.97 Å². The quantitative estimate of drug-likeness (QED) is 0.215. The molecule has 1 aromatic heterocycles. The van der Waals surface area contributed by atoms with Crippen molar-refractivity contribution in [1.29, 1.82) is 0 Å². The van der Waals surface area contributed by atoms with E-state index in [9.17, 15) is 0 Å². The molecule has 2 heteroatoms. The van der Waals surface area contributed by atoms with Crippen molar-refractivity contribution in [3.8, 4) is 44.8 Å². The molecule has 0 aliphatic heterocycles. The Hall–Kier alpha value is -5.08. The maximum atomic E-state index is 4.71. The van der Waals surface area contributed by atoms with Gasteiger partial charge in [0.2, 0.25) is 0 Å². The third-order valence-electron chi connectivity index (χ3n) is 8.79. The first-order valence-corrected chi connectivity index (χ1v) is 14.2. The molecular formula is C39H28N2. The first-order valence-electron chi connectivity index (χ1n) is 14.2. The van der Waals surface area contributed by atoms with E-state index in [1.54, 1.807) is 0 Å². The van der Waals surface area contributed by atoms with Crippen LogP contribution in [-0.4, -0.2) is 9.97 Å². The van der Waals surface area contributed by atoms with Gasteiger partial charge in [0, 0.05) is 23.4 Å². The van der Waals surface area contributed by atoms with Crippen LogP contribution >= 0.6 is 0 Å². The molecule has 0 unspecified atom stereocenters. The van der Waals surface area contributed by atoms with Crippen molar-refractivity contribution in [3.05, 3.63) is 145 Å². The third kappa shape index (κ3) is 3.57. The van der Waals surface area contributed by atoms with E-state index in [0.29, 0.717) is 0 Å². The molecule has 1 aliphatic carbocycles. The Morgan fingerprint density at radius 2 is 1.07 bits per heavy atom. The molecule has 0 saturated heterocycles. The summed E-state index contributed by atoms with van der Waals surface area (Å²) >= 11 is 0. The Labute approximate surface area is 240 Å². The standard InChI is InChI=1S/C39H28N2/c1-39(2)34-16-9-8-13-28(34)29-19-18-27(24-35(29)39)36-30-14-6-7-15-31(30)37(38-40-21-10-22-41-38)32-20-17-26(23-33(32)36)25-11-4-3-5-12-25/h3-24H,1-2H3. The summed E-state index contributed by atoms with van der Waals surface area (Å²) in [7, 11) is 0. The van der Waals surface area contributed by atoms with Gasteiger partial charge in [-0.1, -0.05) is 117 Å². The fraction of sp³-hybridized carbons (Fsp3) is 0.0769. The highest BCUT2D eigenvalue weighted by Crippen LogP contribution is 2.51. The van der Waals surface area contributed by atoms with Crippen LogP contribution in [0, 0.1) is 0 Å². The summed E-state index contributed by atoms with van der Waals surface area (Å²) in [5.74, 6) is 0.748. The second kappa shape index (κ2) is 8.97. The van der Waals surface area contributed by atoms with Crippen molar-refractivity contribution < 1.29 is 0 Å². The normalized spacial score (nSPS) is 13.3. The van der Waals surface area contributed by atoms with Gasteiger partial charge in [-0.05, 0) is 84.3 Å². The van der Waals surface area contributed by atoms with Gasteiger partial charge in [0.15, 0.2) is 5.82 Å². The van der Waals surface area contributed by atoms with Gasteiger partial charge >= 0.3 is 0 Å². The summed E-state index contributed by atoms with van der Waals surface area (Å²) in [6.45, 7) is 4.70. The lowest BCUT2D eigenvalue weighted by Crippen LogP contribution is -2.14. The second-order valence-electron chi connectivity index (χ2n) is 11.4. The van der Waals surface area contributed by atoms with Crippen LogP contribution in [0.3, 0.4) is 0 Å². The minimum absolute atomic E-state index is 0.0689. The lowest BCUT2D eigenvalue weighted by atomic mass is 9.80.